The third-order valence-electron chi connectivity index (χ3n) is 2.58. The number of carboxylic acids is 1. The number of aliphatic hydroxyl groups is 1. The number of carboxylic acid groups (broad SMARTS) is 1. The lowest BCUT2D eigenvalue weighted by Crippen LogP contribution is -2.22. The van der Waals surface area contributed by atoms with Gasteiger partial charge in [0.2, 0.25) is 0 Å². The molecule has 2 unspecified atom stereocenters. The van der Waals surface area contributed by atoms with E-state index in [1.807, 2.05) is 6.92 Å². The average Bonchev–Trinajstić information content (AvgIpc) is 2.24. The van der Waals surface area contributed by atoms with E-state index in [0.717, 1.165) is 0 Å². The SMILES string of the molecule is CCCC(C(=O)O)C(O)c1ccc(Cl)cc1Cl. The number of rotatable bonds is 5. The van der Waals surface area contributed by atoms with E-state index in [4.69, 9.17) is 28.3 Å². The molecule has 0 amide bonds. The summed E-state index contributed by atoms with van der Waals surface area (Å²) in [7, 11) is 0. The molecule has 0 saturated carbocycles. The van der Waals surface area contributed by atoms with Gasteiger partial charge < -0.3 is 10.2 Å². The molecular formula is C12H14Cl2O3. The molecule has 2 atom stereocenters. The molecule has 17 heavy (non-hydrogen) atoms. The quantitative estimate of drug-likeness (QED) is 0.865. The normalized spacial score (nSPS) is 14.4. The monoisotopic (exact) mass is 276 g/mol. The zero-order valence-electron chi connectivity index (χ0n) is 9.36. The molecule has 1 aromatic rings. The van der Waals surface area contributed by atoms with Crippen LogP contribution < -0.4 is 0 Å². The highest BCUT2D eigenvalue weighted by Gasteiger charge is 2.28. The van der Waals surface area contributed by atoms with Gasteiger partial charge in [0.05, 0.1) is 12.0 Å². The predicted molar refractivity (Wildman–Crippen MR) is 67.5 cm³/mol. The molecule has 94 valence electrons. The van der Waals surface area contributed by atoms with E-state index in [1.54, 1.807) is 12.1 Å². The fourth-order valence-corrected chi connectivity index (χ4v) is 2.21. The molecule has 0 aromatic heterocycles. The van der Waals surface area contributed by atoms with Crippen LogP contribution in [0.5, 0.6) is 0 Å². The molecular weight excluding hydrogens is 263 g/mol. The topological polar surface area (TPSA) is 57.5 Å². The van der Waals surface area contributed by atoms with Crippen LogP contribution >= 0.6 is 23.2 Å². The molecule has 3 nitrogen and oxygen atoms in total. The van der Waals surface area contributed by atoms with Crippen molar-refractivity contribution in [1.29, 1.82) is 0 Å². The summed E-state index contributed by atoms with van der Waals surface area (Å²) >= 11 is 11.7. The summed E-state index contributed by atoms with van der Waals surface area (Å²) in [5.74, 6) is -1.87. The predicted octanol–water partition coefficient (Wildman–Crippen LogP) is 3.53. The van der Waals surface area contributed by atoms with Crippen molar-refractivity contribution in [3.05, 3.63) is 33.8 Å². The minimum Gasteiger partial charge on any atom is -0.481 e. The maximum atomic E-state index is 11.1. The first-order valence-corrected chi connectivity index (χ1v) is 6.08. The number of halogens is 2. The third kappa shape index (κ3) is 3.60. The largest absolute Gasteiger partial charge is 0.481 e. The summed E-state index contributed by atoms with van der Waals surface area (Å²) in [6.07, 6.45) is -0.0356. The van der Waals surface area contributed by atoms with Gasteiger partial charge in [-0.05, 0) is 18.6 Å². The summed E-state index contributed by atoms with van der Waals surface area (Å²) in [5.41, 5.74) is 0.400. The van der Waals surface area contributed by atoms with Crippen molar-refractivity contribution >= 4 is 29.2 Å². The van der Waals surface area contributed by atoms with E-state index in [1.165, 1.54) is 6.07 Å². The Labute approximate surface area is 110 Å². The van der Waals surface area contributed by atoms with Gasteiger partial charge in [0, 0.05) is 15.6 Å². The fourth-order valence-electron chi connectivity index (χ4n) is 1.69. The van der Waals surface area contributed by atoms with Gasteiger partial charge in [-0.1, -0.05) is 42.6 Å². The van der Waals surface area contributed by atoms with Gasteiger partial charge in [0.1, 0.15) is 0 Å². The summed E-state index contributed by atoms with van der Waals surface area (Å²) in [6.45, 7) is 1.87. The van der Waals surface area contributed by atoms with Crippen LogP contribution in [0.1, 0.15) is 31.4 Å². The first kappa shape index (κ1) is 14.3. The van der Waals surface area contributed by atoms with Crippen LogP contribution in [0.2, 0.25) is 10.0 Å². The highest BCUT2D eigenvalue weighted by Crippen LogP contribution is 2.32. The van der Waals surface area contributed by atoms with Gasteiger partial charge in [0.25, 0.3) is 0 Å². The highest BCUT2D eigenvalue weighted by molar-refractivity contribution is 6.35. The molecule has 0 aliphatic rings. The second-order valence-corrected chi connectivity index (χ2v) is 4.69. The molecule has 1 rings (SSSR count). The van der Waals surface area contributed by atoms with Crippen LogP contribution in [-0.4, -0.2) is 16.2 Å². The number of hydrogen-bond donors (Lipinski definition) is 2. The van der Waals surface area contributed by atoms with Crippen LogP contribution in [0.15, 0.2) is 18.2 Å². The van der Waals surface area contributed by atoms with Crippen molar-refractivity contribution in [1.82, 2.24) is 0 Å². The lowest BCUT2D eigenvalue weighted by molar-refractivity contribution is -0.146. The molecule has 1 aromatic carbocycles. The Morgan fingerprint density at radius 1 is 1.41 bits per heavy atom. The Hall–Kier alpha value is -0.770. The number of carbonyl (C=O) groups is 1. The smallest absolute Gasteiger partial charge is 0.309 e. The van der Waals surface area contributed by atoms with Gasteiger partial charge in [-0.2, -0.15) is 0 Å². The molecule has 5 heteroatoms. The fraction of sp³-hybridized carbons (Fsp3) is 0.417. The van der Waals surface area contributed by atoms with E-state index < -0.39 is 18.0 Å². The third-order valence-corrected chi connectivity index (χ3v) is 3.14. The van der Waals surface area contributed by atoms with Crippen molar-refractivity contribution in [2.45, 2.75) is 25.9 Å². The molecule has 0 bridgehead atoms. The van der Waals surface area contributed by atoms with Crippen molar-refractivity contribution in [3.63, 3.8) is 0 Å². The standard InChI is InChI=1S/C12H14Cl2O3/c1-2-3-9(12(16)17)11(15)8-5-4-7(13)6-10(8)14/h4-6,9,11,15H,2-3H2,1H3,(H,16,17). The van der Waals surface area contributed by atoms with Crippen LogP contribution in [0, 0.1) is 5.92 Å². The van der Waals surface area contributed by atoms with Gasteiger partial charge in [-0.25, -0.2) is 0 Å². The molecule has 0 radical (unpaired) electrons. The molecule has 0 aliphatic heterocycles. The van der Waals surface area contributed by atoms with Gasteiger partial charge >= 0.3 is 5.97 Å². The lowest BCUT2D eigenvalue weighted by atomic mass is 9.92. The van der Waals surface area contributed by atoms with E-state index in [0.29, 0.717) is 23.4 Å². The molecule has 0 heterocycles. The minimum absolute atomic E-state index is 0.285. The highest BCUT2D eigenvalue weighted by atomic mass is 35.5. The van der Waals surface area contributed by atoms with E-state index >= 15 is 0 Å². The van der Waals surface area contributed by atoms with Gasteiger partial charge in [0.15, 0.2) is 0 Å². The number of hydrogen-bond acceptors (Lipinski definition) is 2. The maximum absolute atomic E-state index is 11.1. The van der Waals surface area contributed by atoms with Crippen LogP contribution in [0.3, 0.4) is 0 Å². The zero-order chi connectivity index (χ0) is 13.0. The minimum atomic E-state index is -1.11. The van der Waals surface area contributed by atoms with E-state index in [-0.39, 0.29) is 5.02 Å². The summed E-state index contributed by atoms with van der Waals surface area (Å²) in [6, 6.07) is 4.63. The van der Waals surface area contributed by atoms with Crippen molar-refractivity contribution in [2.75, 3.05) is 0 Å². The Balaban J connectivity index is 3.00. The number of benzene rings is 1. The van der Waals surface area contributed by atoms with Crippen LogP contribution in [0.25, 0.3) is 0 Å². The molecule has 0 fully saturated rings. The molecule has 0 saturated heterocycles. The van der Waals surface area contributed by atoms with Gasteiger partial charge in [-0.3, -0.25) is 4.79 Å². The molecule has 2 N–H and O–H groups in total. The summed E-state index contributed by atoms with van der Waals surface area (Å²) < 4.78 is 0. The van der Waals surface area contributed by atoms with Crippen molar-refractivity contribution < 1.29 is 15.0 Å². The molecule has 0 spiro atoms. The lowest BCUT2D eigenvalue weighted by Gasteiger charge is -2.20. The van der Waals surface area contributed by atoms with E-state index in [9.17, 15) is 9.90 Å². The number of aliphatic carboxylic acids is 1. The van der Waals surface area contributed by atoms with Crippen LogP contribution in [-0.2, 0) is 4.79 Å². The zero-order valence-corrected chi connectivity index (χ0v) is 10.9. The Bertz CT molecular complexity index is 407. The van der Waals surface area contributed by atoms with E-state index in [2.05, 4.69) is 0 Å². The maximum Gasteiger partial charge on any atom is 0.309 e. The summed E-state index contributed by atoms with van der Waals surface area (Å²) in [5, 5.41) is 19.8. The second-order valence-electron chi connectivity index (χ2n) is 3.84. The van der Waals surface area contributed by atoms with Crippen LogP contribution in [0.4, 0.5) is 0 Å². The first-order valence-electron chi connectivity index (χ1n) is 5.33. The molecule has 0 aliphatic carbocycles. The second kappa shape index (κ2) is 6.24. The average molecular weight is 277 g/mol. The van der Waals surface area contributed by atoms with Crippen molar-refractivity contribution in [3.8, 4) is 0 Å². The van der Waals surface area contributed by atoms with Crippen molar-refractivity contribution in [2.24, 2.45) is 5.92 Å². The Morgan fingerprint density at radius 3 is 2.53 bits per heavy atom. The Morgan fingerprint density at radius 2 is 2.06 bits per heavy atom. The number of aliphatic hydroxyl groups excluding tert-OH is 1. The Kier molecular flexibility index (Phi) is 5.25. The summed E-state index contributed by atoms with van der Waals surface area (Å²) in [4.78, 5) is 11.1. The van der Waals surface area contributed by atoms with Gasteiger partial charge in [-0.15, -0.1) is 0 Å². The first-order chi connectivity index (χ1) is 7.97.